The summed E-state index contributed by atoms with van der Waals surface area (Å²) in [6, 6.07) is 0. The molecule has 1 aromatic heterocycles. The molecule has 1 aromatic rings. The van der Waals surface area contributed by atoms with Gasteiger partial charge in [-0.15, -0.1) is 10.2 Å². The van der Waals surface area contributed by atoms with Crippen molar-refractivity contribution in [1.29, 1.82) is 0 Å². The molecule has 0 aromatic carbocycles. The van der Waals surface area contributed by atoms with Crippen molar-refractivity contribution >= 4 is 15.8 Å². The van der Waals surface area contributed by atoms with Gasteiger partial charge in [-0.25, -0.2) is 18.2 Å². The van der Waals surface area contributed by atoms with Gasteiger partial charge in [-0.1, -0.05) is 0 Å². The van der Waals surface area contributed by atoms with E-state index in [0.717, 1.165) is 12.5 Å². The Balaban J connectivity index is 3.16. The maximum Gasteiger partial charge on any atom is 0.358 e. The van der Waals surface area contributed by atoms with Crippen molar-refractivity contribution in [2.75, 3.05) is 6.26 Å². The molecule has 0 aliphatic carbocycles. The number of aromatic nitrogens is 3. The molecule has 1 N–H and O–H groups in total. The Labute approximate surface area is 73.4 Å². The van der Waals surface area contributed by atoms with Crippen LogP contribution in [-0.2, 0) is 9.84 Å². The third-order valence-electron chi connectivity index (χ3n) is 1.09. The van der Waals surface area contributed by atoms with Crippen molar-refractivity contribution in [3.63, 3.8) is 0 Å². The van der Waals surface area contributed by atoms with Crippen LogP contribution >= 0.6 is 0 Å². The number of carbonyl (C=O) groups is 1. The van der Waals surface area contributed by atoms with Gasteiger partial charge in [0.2, 0.25) is 9.84 Å². The molecule has 0 saturated carbocycles. The summed E-state index contributed by atoms with van der Waals surface area (Å²) in [6.07, 6.45) is 1.75. The molecule has 0 bridgehead atoms. The van der Waals surface area contributed by atoms with Gasteiger partial charge in [0, 0.05) is 6.26 Å². The van der Waals surface area contributed by atoms with Crippen LogP contribution in [0.5, 0.6) is 0 Å². The molecule has 0 amide bonds. The number of hydrogen-bond donors (Lipinski definition) is 1. The highest BCUT2D eigenvalue weighted by Crippen LogP contribution is 1.98. The highest BCUT2D eigenvalue weighted by Gasteiger charge is 2.13. The normalized spacial score (nSPS) is 11.2. The first-order valence-electron chi connectivity index (χ1n) is 3.04. The van der Waals surface area contributed by atoms with Crippen LogP contribution in [0.2, 0.25) is 0 Å². The first-order valence-corrected chi connectivity index (χ1v) is 4.93. The van der Waals surface area contributed by atoms with Crippen molar-refractivity contribution in [3.8, 4) is 0 Å². The minimum Gasteiger partial charge on any atom is -0.476 e. The van der Waals surface area contributed by atoms with E-state index in [-0.39, 0.29) is 0 Å². The van der Waals surface area contributed by atoms with Crippen molar-refractivity contribution in [1.82, 2.24) is 15.2 Å². The van der Waals surface area contributed by atoms with E-state index in [9.17, 15) is 13.2 Å². The zero-order valence-electron chi connectivity index (χ0n) is 6.50. The van der Waals surface area contributed by atoms with E-state index in [1.165, 1.54) is 0 Å². The van der Waals surface area contributed by atoms with Crippen LogP contribution in [0.4, 0.5) is 0 Å². The zero-order valence-corrected chi connectivity index (χ0v) is 7.32. The minimum absolute atomic E-state index is 0.396. The van der Waals surface area contributed by atoms with Gasteiger partial charge in [0.05, 0.1) is 6.20 Å². The van der Waals surface area contributed by atoms with Gasteiger partial charge in [0.25, 0.3) is 5.16 Å². The molecule has 70 valence electrons. The molecule has 0 saturated heterocycles. The summed E-state index contributed by atoms with van der Waals surface area (Å²) in [7, 11) is -3.52. The Hall–Kier alpha value is -1.57. The summed E-state index contributed by atoms with van der Waals surface area (Å²) in [5.74, 6) is -1.31. The Morgan fingerprint density at radius 1 is 1.46 bits per heavy atom. The number of hydrogen-bond acceptors (Lipinski definition) is 6. The molecule has 1 heterocycles. The second kappa shape index (κ2) is 3.05. The van der Waals surface area contributed by atoms with E-state index >= 15 is 0 Å². The fourth-order valence-electron chi connectivity index (χ4n) is 0.533. The summed E-state index contributed by atoms with van der Waals surface area (Å²) < 4.78 is 21.6. The Morgan fingerprint density at radius 3 is 2.38 bits per heavy atom. The first kappa shape index (κ1) is 9.52. The van der Waals surface area contributed by atoms with Gasteiger partial charge in [-0.05, 0) is 0 Å². The van der Waals surface area contributed by atoms with E-state index in [2.05, 4.69) is 15.2 Å². The molecule has 8 heteroatoms. The molecule has 0 unspecified atom stereocenters. The van der Waals surface area contributed by atoms with Crippen LogP contribution in [0.1, 0.15) is 10.5 Å². The van der Waals surface area contributed by atoms with Gasteiger partial charge in [-0.2, -0.15) is 0 Å². The van der Waals surface area contributed by atoms with E-state index in [1.807, 2.05) is 0 Å². The number of carboxylic acids is 1. The van der Waals surface area contributed by atoms with Gasteiger partial charge in [-0.3, -0.25) is 0 Å². The first-order chi connectivity index (χ1) is 5.91. The second-order valence-electron chi connectivity index (χ2n) is 2.20. The Morgan fingerprint density at radius 2 is 2.08 bits per heavy atom. The lowest BCUT2D eigenvalue weighted by molar-refractivity contribution is 0.0688. The fraction of sp³-hybridized carbons (Fsp3) is 0.200. The molecule has 0 aliphatic heterocycles. The summed E-state index contributed by atoms with van der Waals surface area (Å²) in [5.41, 5.74) is -0.396. The van der Waals surface area contributed by atoms with Crippen LogP contribution in [-0.4, -0.2) is 40.9 Å². The molecule has 0 spiro atoms. The minimum atomic E-state index is -3.52. The number of nitrogens with zero attached hydrogens (tertiary/aromatic N) is 3. The molecule has 0 atom stereocenters. The average molecular weight is 203 g/mol. The number of sulfone groups is 1. The molecular formula is C5H5N3O4S. The number of rotatable bonds is 2. The second-order valence-corrected chi connectivity index (χ2v) is 4.11. The van der Waals surface area contributed by atoms with E-state index in [0.29, 0.717) is 0 Å². The summed E-state index contributed by atoms with van der Waals surface area (Å²) >= 11 is 0. The quantitative estimate of drug-likeness (QED) is 0.654. The predicted molar refractivity (Wildman–Crippen MR) is 39.9 cm³/mol. The van der Waals surface area contributed by atoms with Crippen molar-refractivity contribution in [3.05, 3.63) is 11.9 Å². The number of carboxylic acid groups (broad SMARTS) is 1. The maximum absolute atomic E-state index is 10.8. The lowest BCUT2D eigenvalue weighted by Crippen LogP contribution is -2.09. The van der Waals surface area contributed by atoms with E-state index < -0.39 is 26.7 Å². The predicted octanol–water partition coefficient (Wildman–Crippen LogP) is -1.03. The van der Waals surface area contributed by atoms with Crippen molar-refractivity contribution < 1.29 is 18.3 Å². The third-order valence-corrected chi connectivity index (χ3v) is 1.94. The van der Waals surface area contributed by atoms with Crippen LogP contribution in [0.15, 0.2) is 11.4 Å². The topological polar surface area (TPSA) is 110 Å². The summed E-state index contributed by atoms with van der Waals surface area (Å²) in [4.78, 5) is 13.6. The molecule has 1 rings (SSSR count). The van der Waals surface area contributed by atoms with Gasteiger partial charge in [0.15, 0.2) is 5.69 Å². The standard InChI is InChI=1S/C5H5N3O4S/c1-13(11,12)5-6-2-3(4(9)10)7-8-5/h2H,1H3,(H,9,10). The highest BCUT2D eigenvalue weighted by molar-refractivity contribution is 7.90. The maximum atomic E-state index is 10.8. The van der Waals surface area contributed by atoms with Crippen LogP contribution in [0.25, 0.3) is 0 Å². The molecule has 7 nitrogen and oxygen atoms in total. The lowest BCUT2D eigenvalue weighted by Gasteiger charge is -1.94. The van der Waals surface area contributed by atoms with E-state index in [4.69, 9.17) is 5.11 Å². The zero-order chi connectivity index (χ0) is 10.1. The largest absolute Gasteiger partial charge is 0.476 e. The summed E-state index contributed by atoms with van der Waals surface area (Å²) in [6.45, 7) is 0. The monoisotopic (exact) mass is 203 g/mol. The van der Waals surface area contributed by atoms with E-state index in [1.54, 1.807) is 0 Å². The van der Waals surface area contributed by atoms with Crippen molar-refractivity contribution in [2.24, 2.45) is 0 Å². The van der Waals surface area contributed by atoms with Crippen LogP contribution in [0, 0.1) is 0 Å². The lowest BCUT2D eigenvalue weighted by atomic mass is 10.5. The SMILES string of the molecule is CS(=O)(=O)c1ncc(C(=O)O)nn1. The summed E-state index contributed by atoms with van der Waals surface area (Å²) in [5, 5.41) is 14.2. The van der Waals surface area contributed by atoms with Crippen LogP contribution < -0.4 is 0 Å². The smallest absolute Gasteiger partial charge is 0.358 e. The van der Waals surface area contributed by atoms with Gasteiger partial charge >= 0.3 is 5.97 Å². The molecular weight excluding hydrogens is 198 g/mol. The molecule has 0 radical (unpaired) electrons. The highest BCUT2D eigenvalue weighted by atomic mass is 32.2. The Kier molecular flexibility index (Phi) is 2.24. The molecule has 13 heavy (non-hydrogen) atoms. The number of aromatic carboxylic acids is 1. The molecule has 0 aliphatic rings. The van der Waals surface area contributed by atoms with Crippen molar-refractivity contribution in [2.45, 2.75) is 5.16 Å². The fourth-order valence-corrected chi connectivity index (χ4v) is 0.966. The van der Waals surface area contributed by atoms with Crippen LogP contribution in [0.3, 0.4) is 0 Å². The Bertz CT molecular complexity index is 424. The van der Waals surface area contributed by atoms with Gasteiger partial charge < -0.3 is 5.11 Å². The third kappa shape index (κ3) is 2.18. The molecule has 0 fully saturated rings. The average Bonchev–Trinajstić information content (AvgIpc) is 2.03. The van der Waals surface area contributed by atoms with Gasteiger partial charge in [0.1, 0.15) is 0 Å².